The predicted molar refractivity (Wildman–Crippen MR) is 96.9 cm³/mol. The summed E-state index contributed by atoms with van der Waals surface area (Å²) in [6.07, 6.45) is 2.36. The molecule has 1 atom stereocenters. The van der Waals surface area contributed by atoms with E-state index >= 15 is 0 Å². The van der Waals surface area contributed by atoms with Crippen LogP contribution in [-0.4, -0.2) is 17.9 Å². The Morgan fingerprint density at radius 2 is 1.83 bits per heavy atom. The van der Waals surface area contributed by atoms with E-state index in [4.69, 9.17) is 10.5 Å². The fourth-order valence-electron chi connectivity index (χ4n) is 3.48. The van der Waals surface area contributed by atoms with E-state index in [0.717, 1.165) is 38.1 Å². The molecule has 1 unspecified atom stereocenters. The van der Waals surface area contributed by atoms with E-state index < -0.39 is 5.72 Å². The smallest absolute Gasteiger partial charge is 0.144 e. The third-order valence-electron chi connectivity index (χ3n) is 4.65. The first-order chi connectivity index (χ1) is 11.6. The molecule has 24 heavy (non-hydrogen) atoms. The minimum atomic E-state index is -1.41. The monoisotopic (exact) mass is 317 g/mol. The Hall–Kier alpha value is -2.62. The van der Waals surface area contributed by atoms with E-state index in [-0.39, 0.29) is 0 Å². The van der Waals surface area contributed by atoms with Gasteiger partial charge in [0.05, 0.1) is 7.11 Å². The number of hydrogen-bond donors (Lipinski definition) is 2. The van der Waals surface area contributed by atoms with Crippen molar-refractivity contribution in [1.29, 1.82) is 0 Å². The zero-order chi connectivity index (χ0) is 16.7. The molecule has 0 radical (unpaired) electrons. The van der Waals surface area contributed by atoms with Crippen molar-refractivity contribution in [1.82, 2.24) is 0 Å². The van der Waals surface area contributed by atoms with Crippen LogP contribution in [0.15, 0.2) is 60.7 Å². The third kappa shape index (κ3) is 2.30. The summed E-state index contributed by atoms with van der Waals surface area (Å²) in [5.74, 6) is 0.748. The Labute approximate surface area is 140 Å². The summed E-state index contributed by atoms with van der Waals surface area (Å²) in [5.41, 5.74) is 6.59. The van der Waals surface area contributed by atoms with Gasteiger partial charge in [0.1, 0.15) is 11.5 Å². The lowest BCUT2D eigenvalue weighted by atomic mass is 9.84. The maximum Gasteiger partial charge on any atom is 0.144 e. The van der Waals surface area contributed by atoms with Crippen LogP contribution < -0.4 is 20.9 Å². The van der Waals surface area contributed by atoms with E-state index in [1.807, 2.05) is 48.5 Å². The van der Waals surface area contributed by atoms with Gasteiger partial charge in [0.2, 0.25) is 0 Å². The summed E-state index contributed by atoms with van der Waals surface area (Å²) in [6.45, 7) is 0. The minimum Gasteiger partial charge on any atom is -0.497 e. The summed E-state index contributed by atoms with van der Waals surface area (Å²) in [6, 6.07) is 20.1. The van der Waals surface area contributed by atoms with Crippen molar-refractivity contribution in [2.24, 2.45) is 5.73 Å². The van der Waals surface area contributed by atoms with Gasteiger partial charge in [0.15, 0.2) is 0 Å². The van der Waals surface area contributed by atoms with Crippen LogP contribution in [0.25, 0.3) is 22.4 Å². The molecule has 0 bridgehead atoms. The van der Waals surface area contributed by atoms with Crippen molar-refractivity contribution in [3.63, 3.8) is 0 Å². The number of rotatable bonds is 2. The van der Waals surface area contributed by atoms with Gasteiger partial charge in [0, 0.05) is 12.0 Å². The second kappa shape index (κ2) is 5.48. The highest BCUT2D eigenvalue weighted by Gasteiger charge is 2.30. The molecule has 4 rings (SSSR count). The summed E-state index contributed by atoms with van der Waals surface area (Å²) >= 11 is 0. The number of ether oxygens (including phenoxy) is 1. The van der Waals surface area contributed by atoms with Crippen molar-refractivity contribution in [2.45, 2.75) is 12.1 Å². The van der Waals surface area contributed by atoms with Gasteiger partial charge in [-0.3, -0.25) is 5.73 Å². The molecule has 0 aromatic heterocycles. The Balaban J connectivity index is 2.17. The fourth-order valence-corrected chi connectivity index (χ4v) is 3.48. The largest absolute Gasteiger partial charge is 0.497 e. The van der Waals surface area contributed by atoms with Crippen molar-refractivity contribution in [2.75, 3.05) is 7.11 Å². The molecule has 0 spiro atoms. The number of nitrogens with two attached hydrogens (primary N) is 1. The Bertz CT molecular complexity index is 1050. The third-order valence-corrected chi connectivity index (χ3v) is 4.65. The van der Waals surface area contributed by atoms with Gasteiger partial charge >= 0.3 is 0 Å². The topological polar surface area (TPSA) is 55.5 Å². The highest BCUT2D eigenvalue weighted by Crippen LogP contribution is 2.31. The summed E-state index contributed by atoms with van der Waals surface area (Å²) < 4.78 is 5.37. The standard InChI is InChI=1S/C21H19NO2/c1-24-16-10-9-15-11-12-21(22,23)20(19(15)13-16)18-8-4-6-14-5-2-3-7-17(14)18/h2-11,13,23H,12,22H2,1H3. The second-order valence-electron chi connectivity index (χ2n) is 6.19. The summed E-state index contributed by atoms with van der Waals surface area (Å²) in [7, 11) is 1.64. The van der Waals surface area contributed by atoms with Gasteiger partial charge in [-0.1, -0.05) is 54.6 Å². The molecule has 3 aromatic carbocycles. The highest BCUT2D eigenvalue weighted by molar-refractivity contribution is 5.95. The minimum absolute atomic E-state index is 0.380. The molecule has 3 N–H and O–H groups in total. The van der Waals surface area contributed by atoms with Crippen LogP contribution in [0.2, 0.25) is 0 Å². The molecule has 120 valence electrons. The average Bonchev–Trinajstić information content (AvgIpc) is 2.60. The quantitative estimate of drug-likeness (QED) is 0.710. The van der Waals surface area contributed by atoms with Gasteiger partial charge in [0.25, 0.3) is 0 Å². The molecule has 1 aliphatic rings. The maximum absolute atomic E-state index is 10.9. The molecule has 0 amide bonds. The second-order valence-corrected chi connectivity index (χ2v) is 6.19. The summed E-state index contributed by atoms with van der Waals surface area (Å²) in [5, 5.41) is 15.1. The molecule has 3 aromatic rings. The Kier molecular flexibility index (Phi) is 3.41. The zero-order valence-electron chi connectivity index (χ0n) is 13.5. The average molecular weight is 317 g/mol. The molecule has 3 heteroatoms. The first-order valence-electron chi connectivity index (χ1n) is 7.98. The van der Waals surface area contributed by atoms with Crippen LogP contribution in [0.1, 0.15) is 12.0 Å². The van der Waals surface area contributed by atoms with Gasteiger partial charge in [-0.15, -0.1) is 0 Å². The first kappa shape index (κ1) is 14.9. The van der Waals surface area contributed by atoms with E-state index in [1.165, 1.54) is 0 Å². The molecule has 0 heterocycles. The number of methoxy groups -OCH3 is 1. The number of aliphatic hydroxyl groups is 1. The van der Waals surface area contributed by atoms with Crippen LogP contribution in [0.5, 0.6) is 5.75 Å². The van der Waals surface area contributed by atoms with Gasteiger partial charge in [-0.2, -0.15) is 0 Å². The predicted octanol–water partition coefficient (Wildman–Crippen LogP) is 1.88. The molecule has 0 fully saturated rings. The molecule has 0 saturated carbocycles. The van der Waals surface area contributed by atoms with Gasteiger partial charge < -0.3 is 9.84 Å². The van der Waals surface area contributed by atoms with Crippen molar-refractivity contribution >= 4 is 22.4 Å². The SMILES string of the molecule is COc1ccc2c(c1)=C(c1cccc3ccccc13)C(N)(O)CC=2. The lowest BCUT2D eigenvalue weighted by Gasteiger charge is -2.29. The molecule has 0 aliphatic heterocycles. The summed E-state index contributed by atoms with van der Waals surface area (Å²) in [4.78, 5) is 0. The van der Waals surface area contributed by atoms with Crippen LogP contribution in [0, 0.1) is 0 Å². The van der Waals surface area contributed by atoms with Crippen LogP contribution in [0.3, 0.4) is 0 Å². The van der Waals surface area contributed by atoms with Crippen molar-refractivity contribution in [3.05, 3.63) is 76.7 Å². The zero-order valence-corrected chi connectivity index (χ0v) is 13.5. The fraction of sp³-hybridized carbons (Fsp3) is 0.143. The van der Waals surface area contributed by atoms with E-state index in [1.54, 1.807) is 7.11 Å². The Morgan fingerprint density at radius 1 is 1.04 bits per heavy atom. The lowest BCUT2D eigenvalue weighted by Crippen LogP contribution is -2.49. The van der Waals surface area contributed by atoms with Crippen LogP contribution in [0.4, 0.5) is 0 Å². The van der Waals surface area contributed by atoms with E-state index in [9.17, 15) is 5.11 Å². The molecule has 3 nitrogen and oxygen atoms in total. The molecular weight excluding hydrogens is 298 g/mol. The van der Waals surface area contributed by atoms with Crippen molar-refractivity contribution in [3.8, 4) is 5.75 Å². The molecule has 1 aliphatic carbocycles. The van der Waals surface area contributed by atoms with Gasteiger partial charge in [-0.05, 0) is 38.9 Å². The van der Waals surface area contributed by atoms with E-state index in [0.29, 0.717) is 6.42 Å². The molecular formula is C21H19NO2. The van der Waals surface area contributed by atoms with E-state index in [2.05, 4.69) is 18.2 Å². The normalized spacial score (nSPS) is 19.7. The number of hydrogen-bond acceptors (Lipinski definition) is 3. The van der Waals surface area contributed by atoms with Crippen LogP contribution in [-0.2, 0) is 0 Å². The first-order valence-corrected chi connectivity index (χ1v) is 7.98. The van der Waals surface area contributed by atoms with Crippen molar-refractivity contribution < 1.29 is 9.84 Å². The van der Waals surface area contributed by atoms with Crippen LogP contribution >= 0.6 is 0 Å². The number of fused-ring (bicyclic) bond motifs is 2. The molecule has 0 saturated heterocycles. The Morgan fingerprint density at radius 3 is 2.67 bits per heavy atom. The highest BCUT2D eigenvalue weighted by atomic mass is 16.5. The number of benzene rings is 3. The maximum atomic E-state index is 10.9. The van der Waals surface area contributed by atoms with Gasteiger partial charge in [-0.25, -0.2) is 0 Å². The lowest BCUT2D eigenvalue weighted by molar-refractivity contribution is 0.115.